The van der Waals surface area contributed by atoms with Crippen molar-refractivity contribution < 1.29 is 18.3 Å². The molecule has 0 radical (unpaired) electrons. The topological polar surface area (TPSA) is 90.0 Å². The molecule has 2 aromatic rings. The van der Waals surface area contributed by atoms with Gasteiger partial charge in [-0.15, -0.1) is 0 Å². The molecule has 0 saturated heterocycles. The molecule has 2 N–H and O–H groups in total. The van der Waals surface area contributed by atoms with Crippen molar-refractivity contribution in [3.05, 3.63) is 59.7 Å². The maximum absolute atomic E-state index is 12.5. The first-order valence-electron chi connectivity index (χ1n) is 9.42. The van der Waals surface area contributed by atoms with Crippen LogP contribution in [0.15, 0.2) is 53.4 Å². The summed E-state index contributed by atoms with van der Waals surface area (Å²) >= 11 is 0. The van der Waals surface area contributed by atoms with E-state index in [1.54, 1.807) is 36.0 Å². The van der Waals surface area contributed by atoms with Crippen molar-refractivity contribution >= 4 is 16.1 Å². The Morgan fingerprint density at radius 1 is 1.07 bits per heavy atom. The van der Waals surface area contributed by atoms with Crippen LogP contribution in [0, 0.1) is 5.92 Å². The number of phenols is 1. The highest BCUT2D eigenvalue weighted by Crippen LogP contribution is 2.21. The van der Waals surface area contributed by atoms with Gasteiger partial charge in [0.2, 0.25) is 10.0 Å². The Morgan fingerprint density at radius 2 is 1.72 bits per heavy atom. The van der Waals surface area contributed by atoms with Gasteiger partial charge in [0.05, 0.1) is 0 Å². The van der Waals surface area contributed by atoms with Gasteiger partial charge < -0.3 is 14.9 Å². The Hall–Kier alpha value is -2.58. The lowest BCUT2D eigenvalue weighted by molar-refractivity contribution is 0.161. The molecule has 8 heteroatoms. The van der Waals surface area contributed by atoms with E-state index in [4.69, 9.17) is 0 Å². The zero-order valence-corrected chi connectivity index (χ0v) is 18.1. The molecule has 0 aliphatic carbocycles. The molecule has 7 nitrogen and oxygen atoms in total. The Labute approximate surface area is 173 Å². The van der Waals surface area contributed by atoms with Gasteiger partial charge in [0, 0.05) is 33.7 Å². The number of para-hydroxylation sites is 1. The van der Waals surface area contributed by atoms with E-state index in [1.807, 2.05) is 24.3 Å². The second-order valence-corrected chi connectivity index (χ2v) is 9.30. The van der Waals surface area contributed by atoms with Gasteiger partial charge >= 0.3 is 6.03 Å². The molecular weight excluding hydrogens is 390 g/mol. The quantitative estimate of drug-likeness (QED) is 0.688. The predicted octanol–water partition coefficient (Wildman–Crippen LogP) is 3.01. The number of rotatable bonds is 8. The van der Waals surface area contributed by atoms with Gasteiger partial charge in [0.1, 0.15) is 10.6 Å². The van der Waals surface area contributed by atoms with Crippen LogP contribution in [-0.2, 0) is 23.1 Å². The van der Waals surface area contributed by atoms with E-state index >= 15 is 0 Å². The van der Waals surface area contributed by atoms with Crippen LogP contribution in [0.2, 0.25) is 0 Å². The molecule has 0 fully saturated rings. The summed E-state index contributed by atoms with van der Waals surface area (Å²) in [5.41, 5.74) is 1.68. The minimum Gasteiger partial charge on any atom is -0.507 e. The summed E-state index contributed by atoms with van der Waals surface area (Å²) in [5.74, 6) is 0.0349. The Balaban J connectivity index is 2.12. The van der Waals surface area contributed by atoms with Crippen molar-refractivity contribution in [3.63, 3.8) is 0 Å². The van der Waals surface area contributed by atoms with E-state index in [0.717, 1.165) is 11.1 Å². The summed E-state index contributed by atoms with van der Waals surface area (Å²) in [5, 5.41) is 9.79. The smallest absolute Gasteiger partial charge is 0.319 e. The van der Waals surface area contributed by atoms with E-state index in [2.05, 4.69) is 18.6 Å². The summed E-state index contributed by atoms with van der Waals surface area (Å²) in [7, 11) is -0.393. The normalized spacial score (nSPS) is 11.5. The van der Waals surface area contributed by atoms with E-state index in [0.29, 0.717) is 19.0 Å². The highest BCUT2D eigenvalue weighted by atomic mass is 32.2. The van der Waals surface area contributed by atoms with Crippen LogP contribution in [-0.4, -0.2) is 50.0 Å². The fourth-order valence-corrected chi connectivity index (χ4v) is 4.05. The molecule has 0 atom stereocenters. The zero-order chi connectivity index (χ0) is 21.6. The van der Waals surface area contributed by atoms with E-state index in [1.165, 1.54) is 12.1 Å². The minimum atomic E-state index is -3.84. The molecule has 2 rings (SSSR count). The predicted molar refractivity (Wildman–Crippen MR) is 113 cm³/mol. The number of hydrogen-bond acceptors (Lipinski definition) is 4. The first-order chi connectivity index (χ1) is 13.6. The standard InChI is InChI=1S/C21H29N3O4S/c1-16(2)14-24(21(26)23(3)4)15-18-9-7-8-17(12-18)13-22-29(27,28)20-11-6-5-10-19(20)25/h5-12,16,22,25H,13-15H2,1-4H3. The second-order valence-electron chi connectivity index (χ2n) is 7.56. The molecule has 0 unspecified atom stereocenters. The second kappa shape index (κ2) is 9.76. The third kappa shape index (κ3) is 6.47. The van der Waals surface area contributed by atoms with Crippen molar-refractivity contribution in [3.8, 4) is 5.75 Å². The number of phenolic OH excluding ortho intramolecular Hbond substituents is 1. The number of urea groups is 1. The third-order valence-electron chi connectivity index (χ3n) is 4.22. The summed E-state index contributed by atoms with van der Waals surface area (Å²) in [6.45, 7) is 5.26. The fraction of sp³-hybridized carbons (Fsp3) is 0.381. The highest BCUT2D eigenvalue weighted by Gasteiger charge is 2.19. The summed E-state index contributed by atoms with van der Waals surface area (Å²) < 4.78 is 27.4. The summed E-state index contributed by atoms with van der Waals surface area (Å²) in [4.78, 5) is 15.6. The van der Waals surface area contributed by atoms with Crippen LogP contribution in [0.3, 0.4) is 0 Å². The van der Waals surface area contributed by atoms with E-state index in [-0.39, 0.29) is 23.2 Å². The molecule has 0 spiro atoms. The average Bonchev–Trinajstić information content (AvgIpc) is 2.65. The van der Waals surface area contributed by atoms with Crippen LogP contribution in [0.1, 0.15) is 25.0 Å². The van der Waals surface area contributed by atoms with Crippen LogP contribution in [0.25, 0.3) is 0 Å². The van der Waals surface area contributed by atoms with Gasteiger partial charge in [-0.3, -0.25) is 0 Å². The van der Waals surface area contributed by atoms with Crippen molar-refractivity contribution in [2.45, 2.75) is 31.8 Å². The molecule has 2 aromatic carbocycles. The van der Waals surface area contributed by atoms with E-state index in [9.17, 15) is 18.3 Å². The number of nitrogens with one attached hydrogen (secondary N) is 1. The van der Waals surface area contributed by atoms with Gasteiger partial charge in [-0.25, -0.2) is 17.9 Å². The largest absolute Gasteiger partial charge is 0.507 e. The monoisotopic (exact) mass is 419 g/mol. The number of benzene rings is 2. The molecular formula is C21H29N3O4S. The van der Waals surface area contributed by atoms with Gasteiger partial charge in [0.15, 0.2) is 0 Å². The molecule has 29 heavy (non-hydrogen) atoms. The van der Waals surface area contributed by atoms with Crippen molar-refractivity contribution in [1.82, 2.24) is 14.5 Å². The first-order valence-corrected chi connectivity index (χ1v) is 10.9. The number of carbonyl (C=O) groups excluding carboxylic acids is 1. The lowest BCUT2D eigenvalue weighted by atomic mass is 10.1. The van der Waals surface area contributed by atoms with Crippen LogP contribution in [0.4, 0.5) is 4.79 Å². The number of nitrogens with zero attached hydrogens (tertiary/aromatic N) is 2. The van der Waals surface area contributed by atoms with Crippen LogP contribution in [0.5, 0.6) is 5.75 Å². The van der Waals surface area contributed by atoms with Gasteiger partial charge in [-0.1, -0.05) is 50.2 Å². The Morgan fingerprint density at radius 3 is 2.34 bits per heavy atom. The molecule has 0 aliphatic heterocycles. The van der Waals surface area contributed by atoms with Gasteiger partial charge in [-0.05, 0) is 29.2 Å². The highest BCUT2D eigenvalue weighted by molar-refractivity contribution is 7.89. The molecule has 0 saturated carbocycles. The number of amides is 2. The summed E-state index contributed by atoms with van der Waals surface area (Å²) in [6.07, 6.45) is 0. The molecule has 0 aliphatic rings. The van der Waals surface area contributed by atoms with Crippen LogP contribution < -0.4 is 4.72 Å². The number of hydrogen-bond donors (Lipinski definition) is 2. The summed E-state index contributed by atoms with van der Waals surface area (Å²) in [6, 6.07) is 13.2. The van der Waals surface area contributed by atoms with Gasteiger partial charge in [0.25, 0.3) is 0 Å². The van der Waals surface area contributed by atoms with E-state index < -0.39 is 10.0 Å². The molecule has 158 valence electrons. The van der Waals surface area contributed by atoms with Crippen molar-refractivity contribution in [2.24, 2.45) is 5.92 Å². The maximum atomic E-state index is 12.5. The lowest BCUT2D eigenvalue weighted by Crippen LogP contribution is -2.40. The number of aromatic hydroxyl groups is 1. The number of sulfonamides is 1. The average molecular weight is 420 g/mol. The van der Waals surface area contributed by atoms with Crippen molar-refractivity contribution in [1.29, 1.82) is 0 Å². The Kier molecular flexibility index (Phi) is 7.64. The first kappa shape index (κ1) is 22.7. The third-order valence-corrected chi connectivity index (χ3v) is 5.67. The Bertz CT molecular complexity index is 942. The lowest BCUT2D eigenvalue weighted by Gasteiger charge is -2.28. The molecule has 0 heterocycles. The van der Waals surface area contributed by atoms with Crippen LogP contribution >= 0.6 is 0 Å². The molecule has 2 amide bonds. The fourth-order valence-electron chi connectivity index (χ4n) is 2.93. The minimum absolute atomic E-state index is 0.0654. The SMILES string of the molecule is CC(C)CN(Cc1cccc(CNS(=O)(=O)c2ccccc2O)c1)C(=O)N(C)C. The van der Waals surface area contributed by atoms with Crippen molar-refractivity contribution in [2.75, 3.05) is 20.6 Å². The number of carbonyl (C=O) groups is 1. The molecule has 0 aromatic heterocycles. The van der Waals surface area contributed by atoms with Gasteiger partial charge in [-0.2, -0.15) is 0 Å². The molecule has 0 bridgehead atoms. The zero-order valence-electron chi connectivity index (χ0n) is 17.3. The maximum Gasteiger partial charge on any atom is 0.319 e.